The molecule has 1 amide bonds. The smallest absolute Gasteiger partial charge is 0.236 e. The predicted molar refractivity (Wildman–Crippen MR) is 82.8 cm³/mol. The topological polar surface area (TPSA) is 85.6 Å². The number of amides is 1. The number of ether oxygens (including phenoxy) is 1. The fourth-order valence-electron chi connectivity index (χ4n) is 2.78. The molecule has 2 saturated heterocycles. The van der Waals surface area contributed by atoms with E-state index in [9.17, 15) is 4.79 Å². The van der Waals surface area contributed by atoms with Crippen LogP contribution in [0.15, 0.2) is 12.4 Å². The molecular weight excluding hydrogens is 296 g/mol. The maximum atomic E-state index is 12.4. The second-order valence-electron chi connectivity index (χ2n) is 5.63. The van der Waals surface area contributed by atoms with E-state index >= 15 is 0 Å². The van der Waals surface area contributed by atoms with Gasteiger partial charge in [-0.1, -0.05) is 0 Å². The lowest BCUT2D eigenvalue weighted by Gasteiger charge is -2.36. The van der Waals surface area contributed by atoms with Gasteiger partial charge in [-0.25, -0.2) is 9.97 Å². The van der Waals surface area contributed by atoms with Crippen LogP contribution >= 0.6 is 0 Å². The molecule has 8 heteroatoms. The van der Waals surface area contributed by atoms with Gasteiger partial charge in [0.15, 0.2) is 5.69 Å². The molecule has 1 aromatic rings. The zero-order valence-corrected chi connectivity index (χ0v) is 13.0. The molecule has 0 aromatic carbocycles. The first-order valence-electron chi connectivity index (χ1n) is 7.81. The molecular formula is C15H20N6O2. The zero-order valence-electron chi connectivity index (χ0n) is 13.0. The van der Waals surface area contributed by atoms with Crippen LogP contribution in [0.5, 0.6) is 0 Å². The minimum atomic E-state index is 0.178. The number of aromatic nitrogens is 2. The number of carbonyl (C=O) groups excluding carboxylic acids is 1. The summed E-state index contributed by atoms with van der Waals surface area (Å²) in [6.07, 6.45) is 3.09. The molecule has 3 rings (SSSR count). The van der Waals surface area contributed by atoms with E-state index in [-0.39, 0.29) is 5.91 Å². The van der Waals surface area contributed by atoms with Crippen LogP contribution in [0.2, 0.25) is 0 Å². The summed E-state index contributed by atoms with van der Waals surface area (Å²) in [7, 11) is 0. The molecule has 0 N–H and O–H groups in total. The van der Waals surface area contributed by atoms with Gasteiger partial charge < -0.3 is 14.5 Å². The molecule has 0 aliphatic carbocycles. The number of anilines is 1. The Kier molecular flexibility index (Phi) is 5.00. The Morgan fingerprint density at radius 2 is 1.87 bits per heavy atom. The van der Waals surface area contributed by atoms with E-state index in [4.69, 9.17) is 10.00 Å². The zero-order chi connectivity index (χ0) is 16.1. The summed E-state index contributed by atoms with van der Waals surface area (Å²) in [5.41, 5.74) is 0.313. The third-order valence-electron chi connectivity index (χ3n) is 4.17. The highest BCUT2D eigenvalue weighted by molar-refractivity contribution is 5.78. The Morgan fingerprint density at radius 1 is 1.13 bits per heavy atom. The van der Waals surface area contributed by atoms with Gasteiger partial charge in [-0.15, -0.1) is 0 Å². The number of morpholine rings is 1. The summed E-state index contributed by atoms with van der Waals surface area (Å²) >= 11 is 0. The van der Waals surface area contributed by atoms with Crippen LogP contribution in [-0.2, 0) is 9.53 Å². The monoisotopic (exact) mass is 316 g/mol. The minimum Gasteiger partial charge on any atom is -0.379 e. The van der Waals surface area contributed by atoms with Crippen LogP contribution in [0.25, 0.3) is 0 Å². The molecule has 8 nitrogen and oxygen atoms in total. The summed E-state index contributed by atoms with van der Waals surface area (Å²) in [6, 6.07) is 1.96. The maximum Gasteiger partial charge on any atom is 0.236 e. The molecule has 0 unspecified atom stereocenters. The fourth-order valence-corrected chi connectivity index (χ4v) is 2.78. The first-order chi connectivity index (χ1) is 11.3. The van der Waals surface area contributed by atoms with Crippen LogP contribution in [0.4, 0.5) is 5.82 Å². The first kappa shape index (κ1) is 15.6. The van der Waals surface area contributed by atoms with Crippen molar-refractivity contribution in [2.24, 2.45) is 0 Å². The molecule has 0 atom stereocenters. The SMILES string of the molecule is N#Cc1cnc(N2CCN(C(=O)CN3CCOCC3)CC2)cn1. The third-order valence-corrected chi connectivity index (χ3v) is 4.17. The van der Waals surface area contributed by atoms with Gasteiger partial charge in [0.1, 0.15) is 11.9 Å². The van der Waals surface area contributed by atoms with E-state index in [0.29, 0.717) is 38.5 Å². The average molecular weight is 316 g/mol. The van der Waals surface area contributed by atoms with Crippen molar-refractivity contribution in [3.8, 4) is 6.07 Å². The summed E-state index contributed by atoms with van der Waals surface area (Å²) in [6.45, 7) is 6.37. The number of nitrogens with zero attached hydrogens (tertiary/aromatic N) is 6. The van der Waals surface area contributed by atoms with Gasteiger partial charge >= 0.3 is 0 Å². The van der Waals surface area contributed by atoms with E-state index in [2.05, 4.69) is 19.8 Å². The van der Waals surface area contributed by atoms with E-state index in [1.165, 1.54) is 6.20 Å². The van der Waals surface area contributed by atoms with E-state index in [1.807, 2.05) is 11.0 Å². The van der Waals surface area contributed by atoms with Crippen LogP contribution in [0.1, 0.15) is 5.69 Å². The van der Waals surface area contributed by atoms with Crippen LogP contribution in [0, 0.1) is 11.3 Å². The summed E-state index contributed by atoms with van der Waals surface area (Å²) in [4.78, 5) is 26.8. The summed E-state index contributed by atoms with van der Waals surface area (Å²) in [5, 5.41) is 8.75. The average Bonchev–Trinajstić information content (AvgIpc) is 2.63. The molecule has 3 heterocycles. The molecule has 0 bridgehead atoms. The highest BCUT2D eigenvalue weighted by atomic mass is 16.5. The van der Waals surface area contributed by atoms with E-state index in [1.54, 1.807) is 6.20 Å². The van der Waals surface area contributed by atoms with Gasteiger partial charge in [-0.3, -0.25) is 9.69 Å². The Labute approximate surface area is 135 Å². The Bertz CT molecular complexity index is 571. The van der Waals surface area contributed by atoms with Crippen molar-refractivity contribution >= 4 is 11.7 Å². The van der Waals surface area contributed by atoms with Gasteiger partial charge in [0.25, 0.3) is 0 Å². The quantitative estimate of drug-likeness (QED) is 0.731. The van der Waals surface area contributed by atoms with Crippen molar-refractivity contribution < 1.29 is 9.53 Å². The summed E-state index contributed by atoms with van der Waals surface area (Å²) < 4.78 is 5.30. The van der Waals surface area contributed by atoms with Crippen LogP contribution in [-0.4, -0.2) is 84.7 Å². The van der Waals surface area contributed by atoms with E-state index < -0.39 is 0 Å². The highest BCUT2D eigenvalue weighted by Crippen LogP contribution is 2.12. The molecule has 122 valence electrons. The van der Waals surface area contributed by atoms with Crippen LogP contribution < -0.4 is 4.90 Å². The number of nitriles is 1. The Balaban J connectivity index is 1.49. The number of rotatable bonds is 3. The molecule has 0 radical (unpaired) electrons. The third kappa shape index (κ3) is 3.94. The molecule has 2 fully saturated rings. The van der Waals surface area contributed by atoms with Gasteiger partial charge in [-0.2, -0.15) is 5.26 Å². The Hall–Kier alpha value is -2.24. The molecule has 0 spiro atoms. The predicted octanol–water partition coefficient (Wildman–Crippen LogP) is -0.671. The Morgan fingerprint density at radius 3 is 2.48 bits per heavy atom. The number of carbonyl (C=O) groups is 1. The van der Waals surface area contributed by atoms with Crippen molar-refractivity contribution in [3.05, 3.63) is 18.1 Å². The molecule has 1 aromatic heterocycles. The summed E-state index contributed by atoms with van der Waals surface area (Å²) in [5.74, 6) is 0.932. The largest absolute Gasteiger partial charge is 0.379 e. The molecule has 2 aliphatic rings. The minimum absolute atomic E-state index is 0.178. The first-order valence-corrected chi connectivity index (χ1v) is 7.81. The van der Waals surface area contributed by atoms with Crippen molar-refractivity contribution in [2.45, 2.75) is 0 Å². The lowest BCUT2D eigenvalue weighted by molar-refractivity contribution is -0.133. The van der Waals surface area contributed by atoms with Crippen molar-refractivity contribution in [1.29, 1.82) is 5.26 Å². The van der Waals surface area contributed by atoms with Crippen molar-refractivity contribution in [2.75, 3.05) is 63.9 Å². The lowest BCUT2D eigenvalue weighted by atomic mass is 10.3. The van der Waals surface area contributed by atoms with E-state index in [0.717, 1.165) is 32.0 Å². The number of piperazine rings is 1. The second kappa shape index (κ2) is 7.35. The molecule has 23 heavy (non-hydrogen) atoms. The fraction of sp³-hybridized carbons (Fsp3) is 0.600. The molecule has 0 saturated carbocycles. The van der Waals surface area contributed by atoms with Gasteiger partial charge in [-0.05, 0) is 0 Å². The standard InChI is InChI=1S/C15H20N6O2/c16-9-13-10-18-14(11-17-13)20-1-3-21(4-2-20)15(22)12-19-5-7-23-8-6-19/h10-11H,1-8,12H2. The lowest BCUT2D eigenvalue weighted by Crippen LogP contribution is -2.52. The second-order valence-corrected chi connectivity index (χ2v) is 5.63. The van der Waals surface area contributed by atoms with Gasteiger partial charge in [0, 0.05) is 39.3 Å². The van der Waals surface area contributed by atoms with Crippen molar-refractivity contribution in [3.63, 3.8) is 0 Å². The van der Waals surface area contributed by atoms with Crippen molar-refractivity contribution in [1.82, 2.24) is 19.8 Å². The number of hydrogen-bond acceptors (Lipinski definition) is 7. The van der Waals surface area contributed by atoms with Crippen LogP contribution in [0.3, 0.4) is 0 Å². The normalized spacial score (nSPS) is 19.4. The maximum absolute atomic E-state index is 12.4. The number of hydrogen-bond donors (Lipinski definition) is 0. The van der Waals surface area contributed by atoms with Gasteiger partial charge in [0.2, 0.25) is 5.91 Å². The molecule has 2 aliphatic heterocycles. The highest BCUT2D eigenvalue weighted by Gasteiger charge is 2.24. The van der Waals surface area contributed by atoms with Gasteiger partial charge in [0.05, 0.1) is 32.2 Å².